The molecule has 2 N–H and O–H groups in total. The molecule has 1 unspecified atom stereocenters. The molecule has 1 aliphatic rings. The van der Waals surface area contributed by atoms with E-state index in [0.29, 0.717) is 12.3 Å². The molecule has 15 heavy (non-hydrogen) atoms. The Morgan fingerprint density at radius 2 is 2.33 bits per heavy atom. The molecule has 1 aromatic carbocycles. The normalized spacial score (nSPS) is 21.3. The van der Waals surface area contributed by atoms with E-state index in [-0.39, 0.29) is 6.10 Å². The molecule has 1 heterocycles. The molecule has 2 rings (SSSR count). The van der Waals surface area contributed by atoms with E-state index in [9.17, 15) is 0 Å². The Balaban J connectivity index is 2.03. The van der Waals surface area contributed by atoms with Gasteiger partial charge in [-0.25, -0.2) is 0 Å². The Morgan fingerprint density at radius 1 is 1.47 bits per heavy atom. The van der Waals surface area contributed by atoms with Crippen LogP contribution in [0.4, 0.5) is 5.69 Å². The minimum atomic E-state index is 0.141. The summed E-state index contributed by atoms with van der Waals surface area (Å²) in [4.78, 5) is 0. The van der Waals surface area contributed by atoms with Crippen LogP contribution in [0, 0.1) is 0 Å². The quantitative estimate of drug-likeness (QED) is 0.841. The Kier molecular flexibility index (Phi) is 3.49. The Labute approximate surface area is 97.7 Å². The predicted octanol–water partition coefficient (Wildman–Crippen LogP) is 2.59. The van der Waals surface area contributed by atoms with Crippen LogP contribution < -0.4 is 10.5 Å². The number of ether oxygens (including phenoxy) is 2. The number of benzene rings is 1. The van der Waals surface area contributed by atoms with Gasteiger partial charge in [0.05, 0.1) is 12.3 Å². The average Bonchev–Trinajstić information content (AvgIpc) is 2.24. The molecule has 4 heteroatoms. The van der Waals surface area contributed by atoms with Crippen molar-refractivity contribution in [3.05, 3.63) is 22.7 Å². The van der Waals surface area contributed by atoms with Crippen LogP contribution in [0.1, 0.15) is 12.8 Å². The van der Waals surface area contributed by atoms with Gasteiger partial charge in [0.15, 0.2) is 0 Å². The second-order valence-corrected chi connectivity index (χ2v) is 4.55. The lowest BCUT2D eigenvalue weighted by molar-refractivity contribution is 0.00775. The molecule has 0 aromatic heterocycles. The van der Waals surface area contributed by atoms with Gasteiger partial charge >= 0.3 is 0 Å². The van der Waals surface area contributed by atoms with Gasteiger partial charge in [0.2, 0.25) is 0 Å². The lowest BCUT2D eigenvalue weighted by atomic mass is 10.2. The van der Waals surface area contributed by atoms with E-state index in [1.165, 1.54) is 0 Å². The van der Waals surface area contributed by atoms with E-state index < -0.39 is 0 Å². The third kappa shape index (κ3) is 2.86. The van der Waals surface area contributed by atoms with E-state index in [2.05, 4.69) is 15.9 Å². The van der Waals surface area contributed by atoms with Crippen LogP contribution in [0.25, 0.3) is 0 Å². The maximum Gasteiger partial charge on any atom is 0.142 e. The summed E-state index contributed by atoms with van der Waals surface area (Å²) in [5.41, 5.74) is 6.50. The molecular formula is C11H14BrNO2. The fourth-order valence-electron chi connectivity index (χ4n) is 1.61. The lowest BCUT2D eigenvalue weighted by Crippen LogP contribution is -2.28. The molecule has 82 valence electrons. The second-order valence-electron chi connectivity index (χ2n) is 3.64. The van der Waals surface area contributed by atoms with Crippen molar-refractivity contribution < 1.29 is 9.47 Å². The SMILES string of the molecule is Nc1cc(Br)ccc1OC1CCCOC1. The number of nitrogen functional groups attached to an aromatic ring is 1. The highest BCUT2D eigenvalue weighted by molar-refractivity contribution is 9.10. The first-order valence-corrected chi connectivity index (χ1v) is 5.84. The number of nitrogens with two attached hydrogens (primary N) is 1. The number of hydrogen-bond donors (Lipinski definition) is 1. The Morgan fingerprint density at radius 3 is 3.00 bits per heavy atom. The van der Waals surface area contributed by atoms with E-state index in [4.69, 9.17) is 15.2 Å². The molecule has 0 radical (unpaired) electrons. The van der Waals surface area contributed by atoms with Gasteiger partial charge in [-0.1, -0.05) is 15.9 Å². The van der Waals surface area contributed by atoms with Crippen LogP contribution in [0.3, 0.4) is 0 Å². The van der Waals surface area contributed by atoms with Crippen LogP contribution in [0.5, 0.6) is 5.75 Å². The number of hydrogen-bond acceptors (Lipinski definition) is 3. The summed E-state index contributed by atoms with van der Waals surface area (Å²) >= 11 is 3.36. The van der Waals surface area contributed by atoms with Crippen molar-refractivity contribution in [1.29, 1.82) is 0 Å². The van der Waals surface area contributed by atoms with Gasteiger partial charge in [-0.05, 0) is 31.0 Å². The molecule has 1 fully saturated rings. The highest BCUT2D eigenvalue weighted by Gasteiger charge is 2.16. The Bertz CT molecular complexity index is 337. The first-order valence-electron chi connectivity index (χ1n) is 5.05. The average molecular weight is 272 g/mol. The maximum absolute atomic E-state index is 5.84. The van der Waals surface area contributed by atoms with Crippen molar-refractivity contribution in [3.8, 4) is 5.75 Å². The lowest BCUT2D eigenvalue weighted by Gasteiger charge is -2.23. The van der Waals surface area contributed by atoms with E-state index in [1.54, 1.807) is 0 Å². The van der Waals surface area contributed by atoms with E-state index in [1.807, 2.05) is 18.2 Å². The summed E-state index contributed by atoms with van der Waals surface area (Å²) in [6, 6.07) is 5.66. The van der Waals surface area contributed by atoms with Crippen molar-refractivity contribution >= 4 is 21.6 Å². The third-order valence-electron chi connectivity index (χ3n) is 2.38. The van der Waals surface area contributed by atoms with Gasteiger partial charge in [-0.3, -0.25) is 0 Å². The molecule has 1 atom stereocenters. The molecule has 0 spiro atoms. The first kappa shape index (κ1) is 10.8. The topological polar surface area (TPSA) is 44.5 Å². The molecule has 0 aliphatic carbocycles. The zero-order chi connectivity index (χ0) is 10.7. The molecule has 0 bridgehead atoms. The summed E-state index contributed by atoms with van der Waals surface area (Å²) in [6.45, 7) is 1.51. The zero-order valence-electron chi connectivity index (χ0n) is 8.41. The van der Waals surface area contributed by atoms with Crippen molar-refractivity contribution in [2.75, 3.05) is 18.9 Å². The van der Waals surface area contributed by atoms with Gasteiger partial charge < -0.3 is 15.2 Å². The van der Waals surface area contributed by atoms with Crippen molar-refractivity contribution in [3.63, 3.8) is 0 Å². The standard InChI is InChI=1S/C11H14BrNO2/c12-8-3-4-11(10(13)6-8)15-9-2-1-5-14-7-9/h3-4,6,9H,1-2,5,7,13H2. The molecule has 1 aromatic rings. The first-order chi connectivity index (χ1) is 7.25. The molecule has 0 amide bonds. The van der Waals surface area contributed by atoms with Crippen LogP contribution in [-0.2, 0) is 4.74 Å². The van der Waals surface area contributed by atoms with Gasteiger partial charge in [0.1, 0.15) is 11.9 Å². The maximum atomic E-state index is 5.84. The summed E-state index contributed by atoms with van der Waals surface area (Å²) in [5, 5.41) is 0. The number of rotatable bonds is 2. The summed E-state index contributed by atoms with van der Waals surface area (Å²) in [6.07, 6.45) is 2.23. The van der Waals surface area contributed by atoms with Gasteiger partial charge in [0, 0.05) is 11.1 Å². The summed E-state index contributed by atoms with van der Waals surface area (Å²) in [5.74, 6) is 0.744. The summed E-state index contributed by atoms with van der Waals surface area (Å²) < 4.78 is 12.1. The largest absolute Gasteiger partial charge is 0.486 e. The number of halogens is 1. The zero-order valence-corrected chi connectivity index (χ0v) is 10.00. The van der Waals surface area contributed by atoms with Crippen molar-refractivity contribution in [2.24, 2.45) is 0 Å². The monoisotopic (exact) mass is 271 g/mol. The third-order valence-corrected chi connectivity index (χ3v) is 2.88. The highest BCUT2D eigenvalue weighted by atomic mass is 79.9. The molecule has 3 nitrogen and oxygen atoms in total. The molecule has 0 saturated carbocycles. The second kappa shape index (κ2) is 4.86. The fraction of sp³-hybridized carbons (Fsp3) is 0.455. The molecular weight excluding hydrogens is 258 g/mol. The summed E-state index contributed by atoms with van der Waals surface area (Å²) in [7, 11) is 0. The van der Waals surface area contributed by atoms with Crippen LogP contribution in [0.2, 0.25) is 0 Å². The van der Waals surface area contributed by atoms with E-state index >= 15 is 0 Å². The smallest absolute Gasteiger partial charge is 0.142 e. The Hall–Kier alpha value is -0.740. The van der Waals surface area contributed by atoms with Crippen LogP contribution in [0.15, 0.2) is 22.7 Å². The van der Waals surface area contributed by atoms with Gasteiger partial charge in [0.25, 0.3) is 0 Å². The minimum absolute atomic E-state index is 0.141. The van der Waals surface area contributed by atoms with Gasteiger partial charge in [-0.2, -0.15) is 0 Å². The van der Waals surface area contributed by atoms with Gasteiger partial charge in [-0.15, -0.1) is 0 Å². The molecule has 1 saturated heterocycles. The fourth-order valence-corrected chi connectivity index (χ4v) is 1.99. The van der Waals surface area contributed by atoms with Crippen LogP contribution >= 0.6 is 15.9 Å². The predicted molar refractivity (Wildman–Crippen MR) is 63.0 cm³/mol. The minimum Gasteiger partial charge on any atom is -0.486 e. The van der Waals surface area contributed by atoms with E-state index in [0.717, 1.165) is 29.7 Å². The number of anilines is 1. The van der Waals surface area contributed by atoms with Crippen LogP contribution in [-0.4, -0.2) is 19.3 Å². The van der Waals surface area contributed by atoms with Crippen molar-refractivity contribution in [2.45, 2.75) is 18.9 Å². The van der Waals surface area contributed by atoms with Crippen molar-refractivity contribution in [1.82, 2.24) is 0 Å². The highest BCUT2D eigenvalue weighted by Crippen LogP contribution is 2.27. The molecule has 1 aliphatic heterocycles.